The number of rotatable bonds is 6. The van der Waals surface area contributed by atoms with Gasteiger partial charge < -0.3 is 14.7 Å². The highest BCUT2D eigenvalue weighted by atomic mass is 16.5. The van der Waals surface area contributed by atoms with E-state index in [-0.39, 0.29) is 17.9 Å². The van der Waals surface area contributed by atoms with Gasteiger partial charge in [-0.3, -0.25) is 4.79 Å². The summed E-state index contributed by atoms with van der Waals surface area (Å²) in [5.74, 6) is 1.26. The van der Waals surface area contributed by atoms with Crippen molar-refractivity contribution in [1.82, 2.24) is 4.90 Å². The first-order chi connectivity index (χ1) is 10.6. The molecule has 0 radical (unpaired) electrons. The van der Waals surface area contributed by atoms with Crippen LogP contribution in [0.15, 0.2) is 24.3 Å². The van der Waals surface area contributed by atoms with Crippen LogP contribution in [0.1, 0.15) is 38.2 Å². The molecule has 1 aliphatic heterocycles. The van der Waals surface area contributed by atoms with Crippen molar-refractivity contribution in [1.29, 1.82) is 0 Å². The van der Waals surface area contributed by atoms with E-state index in [0.717, 1.165) is 31.6 Å². The minimum Gasteiger partial charge on any atom is -0.494 e. The number of amides is 1. The van der Waals surface area contributed by atoms with Gasteiger partial charge in [-0.05, 0) is 50.8 Å². The Bertz CT molecular complexity index is 487. The van der Waals surface area contributed by atoms with Crippen molar-refractivity contribution in [2.45, 2.75) is 45.6 Å². The van der Waals surface area contributed by atoms with Gasteiger partial charge in [0.15, 0.2) is 0 Å². The molecule has 0 spiro atoms. The summed E-state index contributed by atoms with van der Waals surface area (Å²) in [5.41, 5.74) is 1.17. The number of ether oxygens (including phenoxy) is 1. The summed E-state index contributed by atoms with van der Waals surface area (Å²) in [7, 11) is 0. The SMILES string of the molecule is Cc1cccc(OCCCC(=O)N2CCCC(C(C)O)C2)c1. The van der Waals surface area contributed by atoms with Gasteiger partial charge in [0.05, 0.1) is 12.7 Å². The Labute approximate surface area is 133 Å². The van der Waals surface area contributed by atoms with Crippen LogP contribution in [0.2, 0.25) is 0 Å². The molecular weight excluding hydrogens is 278 g/mol. The van der Waals surface area contributed by atoms with E-state index in [0.29, 0.717) is 19.6 Å². The summed E-state index contributed by atoms with van der Waals surface area (Å²) >= 11 is 0. The van der Waals surface area contributed by atoms with Gasteiger partial charge in [0.1, 0.15) is 5.75 Å². The zero-order chi connectivity index (χ0) is 15.9. The van der Waals surface area contributed by atoms with Crippen LogP contribution in [0.5, 0.6) is 5.75 Å². The minimum atomic E-state index is -0.333. The first kappa shape index (κ1) is 16.8. The fourth-order valence-electron chi connectivity index (χ4n) is 2.91. The third-order valence-corrected chi connectivity index (χ3v) is 4.29. The Morgan fingerprint density at radius 1 is 1.50 bits per heavy atom. The lowest BCUT2D eigenvalue weighted by atomic mass is 9.93. The Morgan fingerprint density at radius 2 is 2.32 bits per heavy atom. The summed E-state index contributed by atoms with van der Waals surface area (Å²) in [6.07, 6.45) is 2.90. The number of aryl methyl sites for hydroxylation is 1. The van der Waals surface area contributed by atoms with E-state index in [9.17, 15) is 9.90 Å². The molecule has 22 heavy (non-hydrogen) atoms. The zero-order valence-corrected chi connectivity index (χ0v) is 13.6. The molecule has 4 nitrogen and oxygen atoms in total. The predicted molar refractivity (Wildman–Crippen MR) is 86.9 cm³/mol. The van der Waals surface area contributed by atoms with Gasteiger partial charge in [0.2, 0.25) is 5.91 Å². The van der Waals surface area contributed by atoms with Crippen molar-refractivity contribution >= 4 is 5.91 Å². The van der Waals surface area contributed by atoms with E-state index < -0.39 is 0 Å². The molecular formula is C18H27NO3. The number of hydrogen-bond donors (Lipinski definition) is 1. The van der Waals surface area contributed by atoms with Crippen LogP contribution in [-0.2, 0) is 4.79 Å². The molecule has 1 aromatic rings. The van der Waals surface area contributed by atoms with Gasteiger partial charge in [-0.2, -0.15) is 0 Å². The quantitative estimate of drug-likeness (QED) is 0.822. The number of nitrogens with zero attached hydrogens (tertiary/aromatic N) is 1. The molecule has 1 aromatic carbocycles. The van der Waals surface area contributed by atoms with Crippen LogP contribution in [0, 0.1) is 12.8 Å². The molecule has 1 heterocycles. The molecule has 1 aliphatic rings. The Morgan fingerprint density at radius 3 is 3.05 bits per heavy atom. The molecule has 1 N–H and O–H groups in total. The van der Waals surface area contributed by atoms with Gasteiger partial charge in [-0.15, -0.1) is 0 Å². The average Bonchev–Trinajstić information content (AvgIpc) is 2.51. The third kappa shape index (κ3) is 5.02. The summed E-state index contributed by atoms with van der Waals surface area (Å²) in [6, 6.07) is 7.94. The maximum Gasteiger partial charge on any atom is 0.222 e. The first-order valence-corrected chi connectivity index (χ1v) is 8.21. The van der Waals surface area contributed by atoms with E-state index in [4.69, 9.17) is 4.74 Å². The smallest absolute Gasteiger partial charge is 0.222 e. The van der Waals surface area contributed by atoms with Crippen molar-refractivity contribution in [3.63, 3.8) is 0 Å². The zero-order valence-electron chi connectivity index (χ0n) is 13.6. The second-order valence-corrected chi connectivity index (χ2v) is 6.25. The Kier molecular flexibility index (Phi) is 6.25. The average molecular weight is 305 g/mol. The molecule has 2 rings (SSSR count). The molecule has 0 saturated carbocycles. The number of aliphatic hydroxyl groups excluding tert-OH is 1. The lowest BCUT2D eigenvalue weighted by Gasteiger charge is -2.34. The fraction of sp³-hybridized carbons (Fsp3) is 0.611. The fourth-order valence-corrected chi connectivity index (χ4v) is 2.91. The minimum absolute atomic E-state index is 0.179. The number of piperidine rings is 1. The van der Waals surface area contributed by atoms with E-state index >= 15 is 0 Å². The van der Waals surface area contributed by atoms with Crippen LogP contribution < -0.4 is 4.74 Å². The van der Waals surface area contributed by atoms with Gasteiger partial charge in [0, 0.05) is 25.4 Å². The second-order valence-electron chi connectivity index (χ2n) is 6.25. The van der Waals surface area contributed by atoms with Crippen LogP contribution >= 0.6 is 0 Å². The van der Waals surface area contributed by atoms with Crippen LogP contribution in [-0.4, -0.2) is 41.7 Å². The van der Waals surface area contributed by atoms with E-state index in [2.05, 4.69) is 0 Å². The van der Waals surface area contributed by atoms with Crippen molar-refractivity contribution in [2.75, 3.05) is 19.7 Å². The molecule has 0 aromatic heterocycles. The molecule has 0 bridgehead atoms. The molecule has 0 aliphatic carbocycles. The lowest BCUT2D eigenvalue weighted by Crippen LogP contribution is -2.42. The number of aliphatic hydroxyl groups is 1. The monoisotopic (exact) mass is 305 g/mol. The van der Waals surface area contributed by atoms with Gasteiger partial charge >= 0.3 is 0 Å². The Hall–Kier alpha value is -1.55. The summed E-state index contributed by atoms with van der Waals surface area (Å²) in [6.45, 7) is 5.92. The van der Waals surface area contributed by atoms with E-state index in [1.807, 2.05) is 43.0 Å². The molecule has 1 saturated heterocycles. The molecule has 122 valence electrons. The van der Waals surface area contributed by atoms with E-state index in [1.165, 1.54) is 5.56 Å². The van der Waals surface area contributed by atoms with Gasteiger partial charge in [-0.25, -0.2) is 0 Å². The molecule has 2 atom stereocenters. The highest BCUT2D eigenvalue weighted by Crippen LogP contribution is 2.20. The largest absolute Gasteiger partial charge is 0.494 e. The second kappa shape index (κ2) is 8.18. The number of carbonyl (C=O) groups excluding carboxylic acids is 1. The van der Waals surface area contributed by atoms with Crippen LogP contribution in [0.4, 0.5) is 0 Å². The molecule has 2 unspecified atom stereocenters. The number of likely N-dealkylation sites (tertiary alicyclic amines) is 1. The van der Waals surface area contributed by atoms with Crippen LogP contribution in [0.25, 0.3) is 0 Å². The Balaban J connectivity index is 1.69. The summed E-state index contributed by atoms with van der Waals surface area (Å²) in [4.78, 5) is 14.1. The van der Waals surface area contributed by atoms with Gasteiger partial charge in [-0.1, -0.05) is 12.1 Å². The van der Waals surface area contributed by atoms with E-state index in [1.54, 1.807) is 0 Å². The molecule has 1 fully saturated rings. The third-order valence-electron chi connectivity index (χ3n) is 4.29. The number of carbonyl (C=O) groups is 1. The standard InChI is InChI=1S/C18H27NO3/c1-14-6-3-8-17(12-14)22-11-5-9-18(21)19-10-4-7-16(13-19)15(2)20/h3,6,8,12,15-16,20H,4-5,7,9-11,13H2,1-2H3. The lowest BCUT2D eigenvalue weighted by molar-refractivity contribution is -0.134. The highest BCUT2D eigenvalue weighted by molar-refractivity contribution is 5.76. The highest BCUT2D eigenvalue weighted by Gasteiger charge is 2.25. The predicted octanol–water partition coefficient (Wildman–Crippen LogP) is 2.77. The number of benzene rings is 1. The van der Waals surface area contributed by atoms with Crippen molar-refractivity contribution < 1.29 is 14.6 Å². The van der Waals surface area contributed by atoms with Crippen molar-refractivity contribution in [2.24, 2.45) is 5.92 Å². The van der Waals surface area contributed by atoms with Crippen molar-refractivity contribution in [3.05, 3.63) is 29.8 Å². The molecule has 4 heteroatoms. The maximum atomic E-state index is 12.2. The van der Waals surface area contributed by atoms with Crippen LogP contribution in [0.3, 0.4) is 0 Å². The normalized spacial score (nSPS) is 19.8. The summed E-state index contributed by atoms with van der Waals surface area (Å²) in [5, 5.41) is 9.68. The number of hydrogen-bond acceptors (Lipinski definition) is 3. The van der Waals surface area contributed by atoms with Crippen molar-refractivity contribution in [3.8, 4) is 5.75 Å². The summed E-state index contributed by atoms with van der Waals surface area (Å²) < 4.78 is 5.67. The topological polar surface area (TPSA) is 49.8 Å². The maximum absolute atomic E-state index is 12.2. The first-order valence-electron chi connectivity index (χ1n) is 8.21. The molecule has 1 amide bonds. The van der Waals surface area contributed by atoms with Gasteiger partial charge in [0.25, 0.3) is 0 Å².